The number of carbonyl (C=O) groups excluding carboxylic acids is 2. The highest BCUT2D eigenvalue weighted by Crippen LogP contribution is 2.44. The number of hydrogen-bond acceptors (Lipinski definition) is 8. The fourth-order valence-corrected chi connectivity index (χ4v) is 4.77. The van der Waals surface area contributed by atoms with Crippen molar-refractivity contribution in [1.82, 2.24) is 9.97 Å². The van der Waals surface area contributed by atoms with Crippen LogP contribution in [0, 0.1) is 10.1 Å². The topological polar surface area (TPSA) is 127 Å². The molecule has 1 aliphatic heterocycles. The molecule has 9 nitrogen and oxygen atoms in total. The van der Waals surface area contributed by atoms with E-state index < -0.39 is 28.4 Å². The number of nitrogens with zero attached hydrogens (tertiary/aromatic N) is 4. The summed E-state index contributed by atoms with van der Waals surface area (Å²) >= 11 is 1.25. The second-order valence-corrected chi connectivity index (χ2v) is 8.23. The number of nitro benzene ring substituents is 1. The monoisotopic (exact) mass is 458 g/mol. The molecule has 1 aliphatic rings. The van der Waals surface area contributed by atoms with Gasteiger partial charge in [0.05, 0.1) is 26.8 Å². The highest BCUT2D eigenvalue weighted by molar-refractivity contribution is 7.22. The van der Waals surface area contributed by atoms with Gasteiger partial charge in [0.15, 0.2) is 5.13 Å². The van der Waals surface area contributed by atoms with Crippen molar-refractivity contribution in [2.45, 2.75) is 6.04 Å². The zero-order valence-electron chi connectivity index (χ0n) is 16.8. The molecule has 3 heterocycles. The molecule has 5 rings (SSSR count). The van der Waals surface area contributed by atoms with Gasteiger partial charge in [-0.1, -0.05) is 35.6 Å². The van der Waals surface area contributed by atoms with Gasteiger partial charge < -0.3 is 5.11 Å². The summed E-state index contributed by atoms with van der Waals surface area (Å²) in [7, 11) is 0. The minimum atomic E-state index is -0.979. The smallest absolute Gasteiger partial charge is 0.301 e. The van der Waals surface area contributed by atoms with Gasteiger partial charge in [0.25, 0.3) is 11.5 Å². The fraction of sp³-hybridized carbons (Fsp3) is 0.0435. The molecule has 1 N–H and O–H groups in total. The lowest BCUT2D eigenvalue weighted by atomic mass is 9.96. The first-order valence-corrected chi connectivity index (χ1v) is 10.6. The van der Waals surface area contributed by atoms with E-state index in [1.165, 1.54) is 46.8 Å². The van der Waals surface area contributed by atoms with E-state index in [9.17, 15) is 24.8 Å². The third kappa shape index (κ3) is 3.42. The number of amides is 1. The number of ketones is 1. The quantitative estimate of drug-likeness (QED) is 0.159. The second kappa shape index (κ2) is 7.92. The number of Topliss-reactive ketones (excluding diaryl/α,β-unsaturated/α-hetero) is 1. The van der Waals surface area contributed by atoms with Gasteiger partial charge in [0, 0.05) is 30.1 Å². The van der Waals surface area contributed by atoms with E-state index in [-0.39, 0.29) is 16.8 Å². The van der Waals surface area contributed by atoms with Crippen LogP contribution < -0.4 is 4.90 Å². The number of hydrogen-bond donors (Lipinski definition) is 1. The Morgan fingerprint density at radius 1 is 1.06 bits per heavy atom. The van der Waals surface area contributed by atoms with Crippen molar-refractivity contribution in [2.75, 3.05) is 4.90 Å². The Bertz CT molecular complexity index is 1430. The number of carbonyl (C=O) groups is 2. The van der Waals surface area contributed by atoms with Crippen LogP contribution in [0.15, 0.2) is 78.6 Å². The number of nitro groups is 1. The number of aromatic nitrogens is 2. The molecule has 4 aromatic rings. The maximum absolute atomic E-state index is 13.2. The maximum atomic E-state index is 13.2. The van der Waals surface area contributed by atoms with Gasteiger partial charge in [-0.3, -0.25) is 29.6 Å². The average Bonchev–Trinajstić information content (AvgIpc) is 3.38. The number of aliphatic hydroxyl groups excluding tert-OH is 1. The predicted molar refractivity (Wildman–Crippen MR) is 122 cm³/mol. The molecule has 1 atom stereocenters. The summed E-state index contributed by atoms with van der Waals surface area (Å²) in [5.41, 5.74) is 0.846. The van der Waals surface area contributed by atoms with Crippen LogP contribution in [-0.4, -0.2) is 31.7 Å². The van der Waals surface area contributed by atoms with Gasteiger partial charge in [-0.15, -0.1) is 0 Å². The zero-order valence-corrected chi connectivity index (χ0v) is 17.6. The van der Waals surface area contributed by atoms with Crippen LogP contribution >= 0.6 is 11.3 Å². The molecule has 0 spiro atoms. The minimum Gasteiger partial charge on any atom is -0.507 e. The van der Waals surface area contributed by atoms with Gasteiger partial charge in [-0.2, -0.15) is 0 Å². The van der Waals surface area contributed by atoms with Gasteiger partial charge in [0.2, 0.25) is 0 Å². The zero-order chi connectivity index (χ0) is 23.1. The summed E-state index contributed by atoms with van der Waals surface area (Å²) in [6.07, 6.45) is 3.03. The largest absolute Gasteiger partial charge is 0.507 e. The Balaban J connectivity index is 1.73. The number of thiazole rings is 1. The van der Waals surface area contributed by atoms with E-state index in [0.717, 1.165) is 10.8 Å². The molecule has 1 amide bonds. The van der Waals surface area contributed by atoms with Crippen molar-refractivity contribution in [3.8, 4) is 0 Å². The molecule has 1 saturated heterocycles. The molecular weight excluding hydrogens is 444 g/mol. The lowest BCUT2D eigenvalue weighted by molar-refractivity contribution is -0.384. The van der Waals surface area contributed by atoms with Crippen molar-refractivity contribution in [1.29, 1.82) is 0 Å². The molecule has 0 saturated carbocycles. The first kappa shape index (κ1) is 20.5. The number of aliphatic hydroxyl groups is 1. The van der Waals surface area contributed by atoms with Crippen LogP contribution in [0.2, 0.25) is 0 Å². The summed E-state index contributed by atoms with van der Waals surface area (Å²) in [6.45, 7) is 0. The van der Waals surface area contributed by atoms with Crippen molar-refractivity contribution in [2.24, 2.45) is 0 Å². The Kier molecular flexibility index (Phi) is 4.91. The minimum absolute atomic E-state index is 0.0607. The molecule has 1 unspecified atom stereocenters. The van der Waals surface area contributed by atoms with Crippen LogP contribution in [0.3, 0.4) is 0 Å². The molecule has 0 radical (unpaired) electrons. The van der Waals surface area contributed by atoms with E-state index in [1.54, 1.807) is 18.2 Å². The van der Waals surface area contributed by atoms with Gasteiger partial charge in [-0.05, 0) is 29.8 Å². The molecule has 2 aromatic carbocycles. The number of para-hydroxylation sites is 1. The van der Waals surface area contributed by atoms with Crippen LogP contribution in [-0.2, 0) is 9.59 Å². The lowest BCUT2D eigenvalue weighted by Gasteiger charge is -2.22. The third-order valence-electron chi connectivity index (χ3n) is 5.29. The summed E-state index contributed by atoms with van der Waals surface area (Å²) < 4.78 is 0.835. The van der Waals surface area contributed by atoms with Gasteiger partial charge in [-0.25, -0.2) is 4.98 Å². The van der Waals surface area contributed by atoms with E-state index in [4.69, 9.17) is 0 Å². The fourth-order valence-electron chi connectivity index (χ4n) is 3.78. The molecule has 162 valence electrons. The van der Waals surface area contributed by atoms with Crippen molar-refractivity contribution in [3.63, 3.8) is 0 Å². The van der Waals surface area contributed by atoms with Crippen molar-refractivity contribution >= 4 is 49.8 Å². The predicted octanol–water partition coefficient (Wildman–Crippen LogP) is 4.23. The lowest BCUT2D eigenvalue weighted by Crippen LogP contribution is -2.29. The van der Waals surface area contributed by atoms with E-state index in [1.807, 2.05) is 18.2 Å². The first-order chi connectivity index (χ1) is 16.0. The molecule has 1 fully saturated rings. The van der Waals surface area contributed by atoms with Crippen LogP contribution in [0.5, 0.6) is 0 Å². The van der Waals surface area contributed by atoms with Gasteiger partial charge >= 0.3 is 5.91 Å². The first-order valence-electron chi connectivity index (χ1n) is 9.77. The third-order valence-corrected chi connectivity index (χ3v) is 6.32. The second-order valence-electron chi connectivity index (χ2n) is 7.22. The van der Waals surface area contributed by atoms with Crippen LogP contribution in [0.4, 0.5) is 10.8 Å². The Hall–Kier alpha value is -4.44. The molecule has 0 aliphatic carbocycles. The molecule has 33 heavy (non-hydrogen) atoms. The number of anilines is 1. The molecule has 10 heteroatoms. The summed E-state index contributed by atoms with van der Waals surface area (Å²) in [5, 5.41) is 22.6. The Labute approximate surface area is 190 Å². The highest BCUT2D eigenvalue weighted by atomic mass is 32.1. The average molecular weight is 458 g/mol. The van der Waals surface area contributed by atoms with Crippen molar-refractivity contribution in [3.05, 3.63) is 99.9 Å². The number of fused-ring (bicyclic) bond motifs is 1. The Morgan fingerprint density at radius 3 is 2.55 bits per heavy atom. The number of rotatable bonds is 4. The highest BCUT2D eigenvalue weighted by Gasteiger charge is 2.48. The SMILES string of the molecule is O=C1C(=O)N(c2nc3ccccc3s2)C(c2ccncc2)/C1=C(\O)c1cccc([N+](=O)[O-])c1. The van der Waals surface area contributed by atoms with E-state index >= 15 is 0 Å². The number of non-ortho nitro benzene ring substituents is 1. The maximum Gasteiger partial charge on any atom is 0.301 e. The summed E-state index contributed by atoms with van der Waals surface area (Å²) in [6, 6.07) is 14.9. The normalized spacial score (nSPS) is 17.6. The summed E-state index contributed by atoms with van der Waals surface area (Å²) in [5.74, 6) is -2.25. The molecule has 2 aromatic heterocycles. The number of benzene rings is 2. The van der Waals surface area contributed by atoms with E-state index in [0.29, 0.717) is 16.2 Å². The Morgan fingerprint density at radius 2 is 1.82 bits per heavy atom. The van der Waals surface area contributed by atoms with Gasteiger partial charge in [0.1, 0.15) is 5.76 Å². The van der Waals surface area contributed by atoms with Crippen LogP contribution in [0.1, 0.15) is 17.2 Å². The van der Waals surface area contributed by atoms with Crippen LogP contribution in [0.25, 0.3) is 16.0 Å². The standard InChI is InChI=1S/C23H14N4O5S/c28-20(14-4-3-5-15(12-14)27(31)32)18-19(13-8-10-24-11-9-13)26(22(30)21(18)29)23-25-16-6-1-2-7-17(16)33-23/h1-12,19,28H/b20-18+. The molecule has 0 bridgehead atoms. The molecular formula is C23H14N4O5S. The van der Waals surface area contributed by atoms with Crippen molar-refractivity contribution < 1.29 is 19.6 Å². The van der Waals surface area contributed by atoms with E-state index in [2.05, 4.69) is 9.97 Å². The summed E-state index contributed by atoms with van der Waals surface area (Å²) in [4.78, 5) is 46.7. The number of pyridine rings is 1.